The van der Waals surface area contributed by atoms with Gasteiger partial charge >= 0.3 is 5.97 Å². The van der Waals surface area contributed by atoms with Crippen molar-refractivity contribution in [3.8, 4) is 0 Å². The Labute approximate surface area is 100 Å². The molecule has 1 aliphatic carbocycles. The van der Waals surface area contributed by atoms with Gasteiger partial charge in [-0.1, -0.05) is 13.3 Å². The van der Waals surface area contributed by atoms with Gasteiger partial charge in [0.1, 0.15) is 0 Å². The van der Waals surface area contributed by atoms with E-state index in [4.69, 9.17) is 0 Å². The number of aryl methyl sites for hydroxylation is 1. The van der Waals surface area contributed by atoms with Crippen molar-refractivity contribution in [1.29, 1.82) is 0 Å². The third-order valence-electron chi connectivity index (χ3n) is 3.62. The van der Waals surface area contributed by atoms with Crippen molar-refractivity contribution >= 4 is 5.97 Å². The molecule has 1 heterocycles. The van der Waals surface area contributed by atoms with Crippen LogP contribution in [0, 0.1) is 5.41 Å². The quantitative estimate of drug-likeness (QED) is 0.816. The number of aliphatic hydroxyl groups excluding tert-OH is 1. The molecule has 0 bridgehead atoms. The van der Waals surface area contributed by atoms with Crippen molar-refractivity contribution in [1.82, 2.24) is 9.78 Å². The van der Waals surface area contributed by atoms with Gasteiger partial charge in [-0.3, -0.25) is 9.48 Å². The van der Waals surface area contributed by atoms with Crippen LogP contribution in [0.1, 0.15) is 44.3 Å². The van der Waals surface area contributed by atoms with E-state index in [0.29, 0.717) is 18.4 Å². The molecular weight excluding hydrogens is 220 g/mol. The van der Waals surface area contributed by atoms with Gasteiger partial charge in [0, 0.05) is 18.3 Å². The van der Waals surface area contributed by atoms with Gasteiger partial charge in [0.25, 0.3) is 0 Å². The van der Waals surface area contributed by atoms with Crippen LogP contribution in [0.4, 0.5) is 0 Å². The van der Waals surface area contributed by atoms with Crippen LogP contribution in [0.25, 0.3) is 0 Å². The molecule has 0 saturated heterocycles. The van der Waals surface area contributed by atoms with Gasteiger partial charge in [0.05, 0.1) is 17.7 Å². The molecule has 5 heteroatoms. The predicted octanol–water partition coefficient (Wildman–Crippen LogP) is 1.58. The minimum absolute atomic E-state index is 0.544. The van der Waals surface area contributed by atoms with E-state index in [1.807, 2.05) is 6.92 Å². The standard InChI is InChI=1S/C12H18N2O3/c1-2-6-14-8-9(7-13-14)10(15)12(11(16)17)4-3-5-12/h7-8,10,15H,2-6H2,1H3,(H,16,17)/t10-/m1/s1. The summed E-state index contributed by atoms with van der Waals surface area (Å²) >= 11 is 0. The number of rotatable bonds is 5. The lowest BCUT2D eigenvalue weighted by molar-refractivity contribution is -0.166. The molecule has 1 atom stereocenters. The Bertz CT molecular complexity index is 410. The average Bonchev–Trinajstić information content (AvgIpc) is 2.64. The fourth-order valence-corrected chi connectivity index (χ4v) is 2.35. The number of aromatic nitrogens is 2. The van der Waals surface area contributed by atoms with Crippen LogP contribution >= 0.6 is 0 Å². The van der Waals surface area contributed by atoms with E-state index in [2.05, 4.69) is 5.10 Å². The minimum Gasteiger partial charge on any atom is -0.481 e. The SMILES string of the molecule is CCCn1cc([C@@H](O)C2(C(=O)O)CCC2)cn1. The van der Waals surface area contributed by atoms with E-state index in [-0.39, 0.29) is 0 Å². The zero-order valence-corrected chi connectivity index (χ0v) is 9.96. The van der Waals surface area contributed by atoms with Crippen molar-refractivity contribution in [2.24, 2.45) is 5.41 Å². The van der Waals surface area contributed by atoms with Crippen LogP contribution < -0.4 is 0 Å². The van der Waals surface area contributed by atoms with E-state index >= 15 is 0 Å². The lowest BCUT2D eigenvalue weighted by Crippen LogP contribution is -2.43. The van der Waals surface area contributed by atoms with Crippen LogP contribution in [0.2, 0.25) is 0 Å². The zero-order valence-electron chi connectivity index (χ0n) is 9.96. The van der Waals surface area contributed by atoms with Crippen LogP contribution in [-0.2, 0) is 11.3 Å². The summed E-state index contributed by atoms with van der Waals surface area (Å²) in [5.74, 6) is -0.903. The maximum atomic E-state index is 11.3. The van der Waals surface area contributed by atoms with E-state index in [1.165, 1.54) is 0 Å². The normalized spacial score (nSPS) is 19.6. The highest BCUT2D eigenvalue weighted by atomic mass is 16.4. The molecule has 94 valence electrons. The third kappa shape index (κ3) is 1.95. The maximum absolute atomic E-state index is 11.3. The molecule has 1 aromatic rings. The Morgan fingerprint density at radius 3 is 2.82 bits per heavy atom. The lowest BCUT2D eigenvalue weighted by Gasteiger charge is -2.41. The summed E-state index contributed by atoms with van der Waals surface area (Å²) < 4.78 is 1.74. The fraction of sp³-hybridized carbons (Fsp3) is 0.667. The first-order chi connectivity index (χ1) is 8.10. The number of nitrogens with zero attached hydrogens (tertiary/aromatic N) is 2. The number of aliphatic hydroxyl groups is 1. The molecule has 2 N–H and O–H groups in total. The molecule has 2 rings (SSSR count). The van der Waals surface area contributed by atoms with E-state index in [9.17, 15) is 15.0 Å². The number of hydrogen-bond donors (Lipinski definition) is 2. The highest BCUT2D eigenvalue weighted by Gasteiger charge is 2.51. The first-order valence-corrected chi connectivity index (χ1v) is 6.04. The summed E-state index contributed by atoms with van der Waals surface area (Å²) in [6.07, 6.45) is 5.29. The fourth-order valence-electron chi connectivity index (χ4n) is 2.35. The van der Waals surface area contributed by atoms with Gasteiger partial charge in [-0.2, -0.15) is 5.10 Å². The highest BCUT2D eigenvalue weighted by molar-refractivity contribution is 5.76. The number of carboxylic acid groups (broad SMARTS) is 1. The molecule has 0 aromatic carbocycles. The minimum atomic E-state index is -0.986. The number of carboxylic acids is 1. The smallest absolute Gasteiger partial charge is 0.312 e. The Hall–Kier alpha value is -1.36. The first kappa shape index (κ1) is 12.1. The van der Waals surface area contributed by atoms with Crippen molar-refractivity contribution in [3.05, 3.63) is 18.0 Å². The van der Waals surface area contributed by atoms with E-state index in [1.54, 1.807) is 17.1 Å². The Kier molecular flexibility index (Phi) is 3.19. The van der Waals surface area contributed by atoms with Crippen LogP contribution in [-0.4, -0.2) is 26.0 Å². The van der Waals surface area contributed by atoms with E-state index < -0.39 is 17.5 Å². The summed E-state index contributed by atoms with van der Waals surface area (Å²) in [5, 5.41) is 23.6. The number of carbonyl (C=O) groups is 1. The number of hydrogen-bond acceptors (Lipinski definition) is 3. The highest BCUT2D eigenvalue weighted by Crippen LogP contribution is 2.50. The second-order valence-electron chi connectivity index (χ2n) is 4.75. The van der Waals surface area contributed by atoms with Crippen LogP contribution in [0.15, 0.2) is 12.4 Å². The summed E-state index contributed by atoms with van der Waals surface area (Å²) in [5.41, 5.74) is -0.374. The molecule has 0 aliphatic heterocycles. The Morgan fingerprint density at radius 1 is 1.65 bits per heavy atom. The molecule has 0 unspecified atom stereocenters. The van der Waals surface area contributed by atoms with Gasteiger partial charge in [-0.05, 0) is 19.3 Å². The predicted molar refractivity (Wildman–Crippen MR) is 61.4 cm³/mol. The molecule has 1 aromatic heterocycles. The molecule has 5 nitrogen and oxygen atoms in total. The summed E-state index contributed by atoms with van der Waals surface area (Å²) in [7, 11) is 0. The summed E-state index contributed by atoms with van der Waals surface area (Å²) in [6, 6.07) is 0. The first-order valence-electron chi connectivity index (χ1n) is 6.04. The third-order valence-corrected chi connectivity index (χ3v) is 3.62. The topological polar surface area (TPSA) is 75.4 Å². The monoisotopic (exact) mass is 238 g/mol. The largest absolute Gasteiger partial charge is 0.481 e. The van der Waals surface area contributed by atoms with Crippen LogP contribution in [0.3, 0.4) is 0 Å². The van der Waals surface area contributed by atoms with Crippen molar-refractivity contribution in [2.45, 2.75) is 45.3 Å². The van der Waals surface area contributed by atoms with Crippen molar-refractivity contribution in [2.75, 3.05) is 0 Å². The second-order valence-corrected chi connectivity index (χ2v) is 4.75. The van der Waals surface area contributed by atoms with Gasteiger partial charge in [-0.15, -0.1) is 0 Å². The molecule has 1 aliphatic rings. The molecule has 1 saturated carbocycles. The Balaban J connectivity index is 2.17. The molecule has 17 heavy (non-hydrogen) atoms. The summed E-state index contributed by atoms with van der Waals surface area (Å²) in [6.45, 7) is 2.83. The average molecular weight is 238 g/mol. The van der Waals surface area contributed by atoms with Gasteiger partial charge in [-0.25, -0.2) is 0 Å². The lowest BCUT2D eigenvalue weighted by atomic mass is 9.64. The second kappa shape index (κ2) is 4.49. The van der Waals surface area contributed by atoms with Crippen molar-refractivity contribution < 1.29 is 15.0 Å². The van der Waals surface area contributed by atoms with Gasteiger partial charge in [0.15, 0.2) is 0 Å². The molecule has 0 radical (unpaired) electrons. The van der Waals surface area contributed by atoms with Crippen LogP contribution in [0.5, 0.6) is 0 Å². The summed E-state index contributed by atoms with van der Waals surface area (Å²) in [4.78, 5) is 11.3. The Morgan fingerprint density at radius 2 is 2.35 bits per heavy atom. The molecule has 1 fully saturated rings. The van der Waals surface area contributed by atoms with Crippen molar-refractivity contribution in [3.63, 3.8) is 0 Å². The molecular formula is C12H18N2O3. The number of aliphatic carboxylic acids is 1. The zero-order chi connectivity index (χ0) is 12.5. The maximum Gasteiger partial charge on any atom is 0.312 e. The van der Waals surface area contributed by atoms with E-state index in [0.717, 1.165) is 19.4 Å². The van der Waals surface area contributed by atoms with Gasteiger partial charge < -0.3 is 10.2 Å². The molecule has 0 amide bonds. The molecule has 0 spiro atoms. The van der Waals surface area contributed by atoms with Gasteiger partial charge in [0.2, 0.25) is 0 Å².